The Labute approximate surface area is 116 Å². The van der Waals surface area contributed by atoms with Gasteiger partial charge in [0, 0.05) is 17.1 Å². The summed E-state index contributed by atoms with van der Waals surface area (Å²) in [6.07, 6.45) is 0. The smallest absolute Gasteiger partial charge is 0.235 e. The minimum atomic E-state index is 0.407. The molecule has 0 amide bonds. The third-order valence-electron chi connectivity index (χ3n) is 2.42. The molecule has 0 bridgehead atoms. The van der Waals surface area contributed by atoms with Gasteiger partial charge in [-0.15, -0.1) is 10.2 Å². The molecule has 0 aliphatic heterocycles. The third kappa shape index (κ3) is 2.05. The standard InChI is InChI=1S/C11H9BrN4OS/c1-17-6-9-13-14-11-16(9)15-10(18-11)7-2-4-8(12)5-3-7/h2-5H,6H2,1H3. The fourth-order valence-corrected chi connectivity index (χ4v) is 2.71. The first-order chi connectivity index (χ1) is 8.78. The van der Waals surface area contributed by atoms with E-state index < -0.39 is 0 Å². The summed E-state index contributed by atoms with van der Waals surface area (Å²) in [7, 11) is 1.63. The number of nitrogens with zero attached hydrogens (tertiary/aromatic N) is 4. The van der Waals surface area contributed by atoms with Crippen LogP contribution in [0.4, 0.5) is 0 Å². The van der Waals surface area contributed by atoms with Crippen LogP contribution < -0.4 is 0 Å². The molecule has 0 aliphatic carbocycles. The van der Waals surface area contributed by atoms with Gasteiger partial charge in [-0.3, -0.25) is 0 Å². The third-order valence-corrected chi connectivity index (χ3v) is 3.90. The molecule has 0 spiro atoms. The molecule has 2 heterocycles. The number of aromatic nitrogens is 4. The lowest BCUT2D eigenvalue weighted by Gasteiger charge is -1.95. The molecular formula is C11H9BrN4OS. The van der Waals surface area contributed by atoms with Gasteiger partial charge in [0.1, 0.15) is 11.6 Å². The van der Waals surface area contributed by atoms with Crippen molar-refractivity contribution >= 4 is 32.2 Å². The second kappa shape index (κ2) is 4.75. The topological polar surface area (TPSA) is 52.3 Å². The summed E-state index contributed by atoms with van der Waals surface area (Å²) >= 11 is 4.93. The zero-order valence-corrected chi connectivity index (χ0v) is 11.9. The van der Waals surface area contributed by atoms with Crippen molar-refractivity contribution in [3.05, 3.63) is 34.6 Å². The highest BCUT2D eigenvalue weighted by molar-refractivity contribution is 9.10. The molecule has 1 aromatic carbocycles. The molecule has 7 heteroatoms. The maximum atomic E-state index is 5.06. The van der Waals surface area contributed by atoms with Crippen LogP contribution in [-0.2, 0) is 11.3 Å². The molecule has 0 fully saturated rings. The van der Waals surface area contributed by atoms with Gasteiger partial charge in [-0.2, -0.15) is 9.61 Å². The highest BCUT2D eigenvalue weighted by atomic mass is 79.9. The van der Waals surface area contributed by atoms with Crippen LogP contribution in [0, 0.1) is 0 Å². The first-order valence-electron chi connectivity index (χ1n) is 5.24. The largest absolute Gasteiger partial charge is 0.377 e. The number of halogens is 1. The van der Waals surface area contributed by atoms with Gasteiger partial charge in [-0.25, -0.2) is 0 Å². The van der Waals surface area contributed by atoms with Crippen LogP contribution in [0.15, 0.2) is 28.7 Å². The van der Waals surface area contributed by atoms with E-state index in [1.165, 1.54) is 11.3 Å². The van der Waals surface area contributed by atoms with Gasteiger partial charge in [0.05, 0.1) is 0 Å². The molecule has 3 rings (SSSR count). The summed E-state index contributed by atoms with van der Waals surface area (Å²) in [6.45, 7) is 0.407. The van der Waals surface area contributed by atoms with Crippen LogP contribution in [0.25, 0.3) is 15.5 Å². The van der Waals surface area contributed by atoms with Gasteiger partial charge in [-0.05, 0) is 12.1 Å². The molecule has 0 atom stereocenters. The van der Waals surface area contributed by atoms with E-state index in [1.807, 2.05) is 24.3 Å². The number of benzene rings is 1. The second-order valence-corrected chi connectivity index (χ2v) is 5.53. The Hall–Kier alpha value is -1.31. The van der Waals surface area contributed by atoms with Crippen molar-refractivity contribution in [2.75, 3.05) is 7.11 Å². The lowest BCUT2D eigenvalue weighted by atomic mass is 10.2. The highest BCUT2D eigenvalue weighted by Crippen LogP contribution is 2.26. The normalized spacial score (nSPS) is 11.2. The van der Waals surface area contributed by atoms with Gasteiger partial charge >= 0.3 is 0 Å². The molecule has 18 heavy (non-hydrogen) atoms. The van der Waals surface area contributed by atoms with Crippen LogP contribution >= 0.6 is 27.3 Å². The average Bonchev–Trinajstić information content (AvgIpc) is 2.93. The lowest BCUT2D eigenvalue weighted by Crippen LogP contribution is -1.97. The maximum Gasteiger partial charge on any atom is 0.235 e. The predicted molar refractivity (Wildman–Crippen MR) is 72.5 cm³/mol. The number of hydrogen-bond donors (Lipinski definition) is 0. The first kappa shape index (κ1) is 11.8. The fourth-order valence-electron chi connectivity index (χ4n) is 1.59. The average molecular weight is 325 g/mol. The van der Waals surface area contributed by atoms with E-state index in [-0.39, 0.29) is 0 Å². The second-order valence-electron chi connectivity index (χ2n) is 3.66. The molecule has 3 aromatic rings. The Morgan fingerprint density at radius 1 is 1.28 bits per heavy atom. The predicted octanol–water partition coefficient (Wildman–Crippen LogP) is 2.76. The minimum Gasteiger partial charge on any atom is -0.377 e. The molecule has 0 saturated heterocycles. The minimum absolute atomic E-state index is 0.407. The maximum absolute atomic E-state index is 5.06. The van der Waals surface area contributed by atoms with Gasteiger partial charge in [0.25, 0.3) is 0 Å². The van der Waals surface area contributed by atoms with E-state index >= 15 is 0 Å². The SMILES string of the molecule is COCc1nnc2sc(-c3ccc(Br)cc3)nn12. The number of ether oxygens (including phenoxy) is 1. The van der Waals surface area contributed by atoms with Crippen molar-refractivity contribution in [2.24, 2.45) is 0 Å². The Bertz CT molecular complexity index is 676. The number of methoxy groups -OCH3 is 1. The lowest BCUT2D eigenvalue weighted by molar-refractivity contribution is 0.176. The van der Waals surface area contributed by atoms with E-state index in [0.717, 1.165) is 20.0 Å². The Morgan fingerprint density at radius 3 is 2.78 bits per heavy atom. The zero-order valence-electron chi connectivity index (χ0n) is 9.50. The highest BCUT2D eigenvalue weighted by Gasteiger charge is 2.12. The Morgan fingerprint density at radius 2 is 2.06 bits per heavy atom. The number of rotatable bonds is 3. The van der Waals surface area contributed by atoms with Crippen LogP contribution in [-0.4, -0.2) is 26.9 Å². The van der Waals surface area contributed by atoms with Crippen LogP contribution in [0.1, 0.15) is 5.82 Å². The van der Waals surface area contributed by atoms with Crippen molar-refractivity contribution in [3.8, 4) is 10.6 Å². The van der Waals surface area contributed by atoms with E-state index in [1.54, 1.807) is 11.6 Å². The molecule has 0 aliphatic rings. The molecule has 0 saturated carbocycles. The number of hydrogen-bond acceptors (Lipinski definition) is 5. The molecule has 2 aromatic heterocycles. The molecule has 0 unspecified atom stereocenters. The molecule has 92 valence electrons. The number of fused-ring (bicyclic) bond motifs is 1. The summed E-state index contributed by atoms with van der Waals surface area (Å²) in [5.41, 5.74) is 1.07. The van der Waals surface area contributed by atoms with Crippen molar-refractivity contribution in [3.63, 3.8) is 0 Å². The Kier molecular flexibility index (Phi) is 3.11. The molecule has 0 radical (unpaired) electrons. The van der Waals surface area contributed by atoms with Crippen LogP contribution in [0.2, 0.25) is 0 Å². The molecule has 5 nitrogen and oxygen atoms in total. The van der Waals surface area contributed by atoms with E-state index in [0.29, 0.717) is 12.4 Å². The van der Waals surface area contributed by atoms with Crippen LogP contribution in [0.5, 0.6) is 0 Å². The van der Waals surface area contributed by atoms with Crippen molar-refractivity contribution in [1.29, 1.82) is 0 Å². The first-order valence-corrected chi connectivity index (χ1v) is 6.85. The van der Waals surface area contributed by atoms with Gasteiger partial charge in [0.15, 0.2) is 5.82 Å². The quantitative estimate of drug-likeness (QED) is 0.743. The summed E-state index contributed by atoms with van der Waals surface area (Å²) in [5, 5.41) is 13.5. The van der Waals surface area contributed by atoms with Crippen LogP contribution in [0.3, 0.4) is 0 Å². The fraction of sp³-hybridized carbons (Fsp3) is 0.182. The van der Waals surface area contributed by atoms with Crippen molar-refractivity contribution < 1.29 is 4.74 Å². The summed E-state index contributed by atoms with van der Waals surface area (Å²) in [4.78, 5) is 0.778. The van der Waals surface area contributed by atoms with E-state index in [2.05, 4.69) is 31.2 Å². The van der Waals surface area contributed by atoms with Crippen molar-refractivity contribution in [2.45, 2.75) is 6.61 Å². The van der Waals surface area contributed by atoms with Gasteiger partial charge in [-0.1, -0.05) is 39.4 Å². The monoisotopic (exact) mass is 324 g/mol. The summed E-state index contributed by atoms with van der Waals surface area (Å²) in [5.74, 6) is 0.715. The van der Waals surface area contributed by atoms with Gasteiger partial charge < -0.3 is 4.74 Å². The molecule has 0 N–H and O–H groups in total. The summed E-state index contributed by atoms with van der Waals surface area (Å²) in [6, 6.07) is 8.03. The zero-order chi connectivity index (χ0) is 12.5. The van der Waals surface area contributed by atoms with Gasteiger partial charge in [0.2, 0.25) is 4.96 Å². The van der Waals surface area contributed by atoms with E-state index in [9.17, 15) is 0 Å². The van der Waals surface area contributed by atoms with E-state index in [4.69, 9.17) is 4.74 Å². The Balaban J connectivity index is 2.05. The summed E-state index contributed by atoms with van der Waals surface area (Å²) < 4.78 is 7.84. The molecular weight excluding hydrogens is 316 g/mol. The van der Waals surface area contributed by atoms with Crippen molar-refractivity contribution in [1.82, 2.24) is 19.8 Å².